The van der Waals surface area contributed by atoms with Crippen molar-refractivity contribution in [2.24, 2.45) is 0 Å². The molecule has 0 atom stereocenters. The molecule has 0 aliphatic carbocycles. The number of ether oxygens (including phenoxy) is 1. The van der Waals surface area contributed by atoms with E-state index in [2.05, 4.69) is 4.74 Å². The third-order valence-electron chi connectivity index (χ3n) is 1.73. The predicted molar refractivity (Wildman–Crippen MR) is 47.2 cm³/mol. The molecule has 0 unspecified atom stereocenters. The fourth-order valence-electron chi connectivity index (χ4n) is 1.02. The van der Waals surface area contributed by atoms with Crippen LogP contribution in [0, 0.1) is 11.6 Å². The van der Waals surface area contributed by atoms with Gasteiger partial charge in [0.1, 0.15) is 0 Å². The molecule has 1 aromatic rings. The number of benzene rings is 1. The van der Waals surface area contributed by atoms with Crippen molar-refractivity contribution < 1.29 is 13.5 Å². The van der Waals surface area contributed by atoms with Crippen LogP contribution in [-0.4, -0.2) is 21.2 Å². The maximum absolute atomic E-state index is 13.2. The average Bonchev–Trinajstić information content (AvgIpc) is 2.09. The van der Waals surface area contributed by atoms with Gasteiger partial charge in [-0.2, -0.15) is 4.39 Å². The maximum atomic E-state index is 13.2. The molecule has 72 valence electrons. The molecule has 0 amide bonds. The number of anilines is 1. The Bertz CT molecular complexity index is 313. The van der Waals surface area contributed by atoms with Crippen molar-refractivity contribution in [1.82, 2.24) is 0 Å². The normalized spacial score (nSPS) is 9.92. The zero-order valence-corrected chi connectivity index (χ0v) is 7.77. The quantitative estimate of drug-likeness (QED) is 0.702. The smallest absolute Gasteiger partial charge is 0.202 e. The highest BCUT2D eigenvalue weighted by atomic mass is 19.2. The van der Waals surface area contributed by atoms with Crippen LogP contribution >= 0.6 is 0 Å². The summed E-state index contributed by atoms with van der Waals surface area (Å²) in [5.41, 5.74) is 0.207. The Morgan fingerprint density at radius 3 is 2.23 bits per heavy atom. The predicted octanol–water partition coefficient (Wildman–Crippen LogP) is 2.04. The molecule has 0 fully saturated rings. The molecule has 4 heteroatoms. The molecule has 0 saturated carbocycles. The molecular formula is C9H11F2NO. The summed E-state index contributed by atoms with van der Waals surface area (Å²) in [4.78, 5) is 1.50. The largest absolute Gasteiger partial charge is 0.494 e. The van der Waals surface area contributed by atoms with Gasteiger partial charge in [-0.15, -0.1) is 0 Å². The molecule has 0 saturated heterocycles. The monoisotopic (exact) mass is 187 g/mol. The second-order valence-corrected chi connectivity index (χ2v) is 2.81. The lowest BCUT2D eigenvalue weighted by atomic mass is 10.2. The molecule has 0 aliphatic heterocycles. The Balaban J connectivity index is 3.23. The maximum Gasteiger partial charge on any atom is 0.202 e. The van der Waals surface area contributed by atoms with Crippen molar-refractivity contribution in [2.45, 2.75) is 0 Å². The van der Waals surface area contributed by atoms with Gasteiger partial charge >= 0.3 is 0 Å². The molecule has 0 heterocycles. The standard InChI is InChI=1S/C9H11F2NO/c1-12(2)6-4-5-7(13-3)9(11)8(6)10/h4-5H,1-3H3. The third kappa shape index (κ3) is 1.71. The second kappa shape index (κ2) is 3.60. The summed E-state index contributed by atoms with van der Waals surface area (Å²) in [5.74, 6) is -1.92. The van der Waals surface area contributed by atoms with E-state index in [9.17, 15) is 8.78 Å². The first-order valence-corrected chi connectivity index (χ1v) is 3.77. The molecule has 13 heavy (non-hydrogen) atoms. The topological polar surface area (TPSA) is 12.5 Å². The summed E-state index contributed by atoms with van der Waals surface area (Å²) in [6, 6.07) is 2.87. The van der Waals surface area contributed by atoms with Crippen LogP contribution in [0.5, 0.6) is 5.75 Å². The van der Waals surface area contributed by atoms with Crippen LogP contribution in [0.1, 0.15) is 0 Å². The van der Waals surface area contributed by atoms with Gasteiger partial charge in [0.15, 0.2) is 11.6 Å². The second-order valence-electron chi connectivity index (χ2n) is 2.81. The van der Waals surface area contributed by atoms with E-state index in [1.807, 2.05) is 0 Å². The van der Waals surface area contributed by atoms with Crippen molar-refractivity contribution in [3.05, 3.63) is 23.8 Å². The zero-order chi connectivity index (χ0) is 10.0. The van der Waals surface area contributed by atoms with E-state index in [1.165, 1.54) is 24.1 Å². The Kier molecular flexibility index (Phi) is 2.70. The molecule has 2 nitrogen and oxygen atoms in total. The Labute approximate surface area is 75.7 Å². The lowest BCUT2D eigenvalue weighted by Crippen LogP contribution is -2.11. The van der Waals surface area contributed by atoms with E-state index in [0.29, 0.717) is 0 Å². The summed E-state index contributed by atoms with van der Waals surface area (Å²) in [6.07, 6.45) is 0. The van der Waals surface area contributed by atoms with Gasteiger partial charge in [-0.05, 0) is 12.1 Å². The van der Waals surface area contributed by atoms with Crippen LogP contribution in [0.4, 0.5) is 14.5 Å². The van der Waals surface area contributed by atoms with Crippen LogP contribution in [0.2, 0.25) is 0 Å². The Hall–Kier alpha value is -1.32. The van der Waals surface area contributed by atoms with Crippen molar-refractivity contribution in [3.63, 3.8) is 0 Å². The first-order chi connectivity index (χ1) is 6.07. The molecule has 1 aromatic carbocycles. The van der Waals surface area contributed by atoms with E-state index >= 15 is 0 Å². The van der Waals surface area contributed by atoms with E-state index in [4.69, 9.17) is 0 Å². The SMILES string of the molecule is COc1ccc(N(C)C)c(F)c1F. The van der Waals surface area contributed by atoms with Crippen molar-refractivity contribution in [1.29, 1.82) is 0 Å². The van der Waals surface area contributed by atoms with E-state index in [1.54, 1.807) is 14.1 Å². The first-order valence-electron chi connectivity index (χ1n) is 3.77. The fourth-order valence-corrected chi connectivity index (χ4v) is 1.02. The van der Waals surface area contributed by atoms with Gasteiger partial charge in [0, 0.05) is 14.1 Å². The number of halogens is 2. The van der Waals surface area contributed by atoms with Crippen molar-refractivity contribution >= 4 is 5.69 Å². The van der Waals surface area contributed by atoms with Gasteiger partial charge in [0.25, 0.3) is 0 Å². The van der Waals surface area contributed by atoms with Gasteiger partial charge in [-0.25, -0.2) is 4.39 Å². The molecule has 0 aliphatic rings. The zero-order valence-electron chi connectivity index (χ0n) is 7.77. The summed E-state index contributed by atoms with van der Waals surface area (Å²) in [5, 5.41) is 0. The minimum absolute atomic E-state index is 0.0805. The van der Waals surface area contributed by atoms with Crippen molar-refractivity contribution in [3.8, 4) is 5.75 Å². The Morgan fingerprint density at radius 2 is 1.77 bits per heavy atom. The van der Waals surface area contributed by atoms with Gasteiger partial charge < -0.3 is 9.64 Å². The molecule has 0 radical (unpaired) electrons. The summed E-state index contributed by atoms with van der Waals surface area (Å²) < 4.78 is 30.9. The lowest BCUT2D eigenvalue weighted by Gasteiger charge is -2.14. The number of methoxy groups -OCH3 is 1. The highest BCUT2D eigenvalue weighted by Crippen LogP contribution is 2.26. The molecule has 0 N–H and O–H groups in total. The lowest BCUT2D eigenvalue weighted by molar-refractivity contribution is 0.372. The van der Waals surface area contributed by atoms with Gasteiger partial charge in [-0.3, -0.25) is 0 Å². The average molecular weight is 187 g/mol. The highest BCUT2D eigenvalue weighted by molar-refractivity contribution is 5.50. The first kappa shape index (κ1) is 9.77. The molecule has 1 rings (SSSR count). The summed E-state index contributed by atoms with van der Waals surface area (Å²) in [7, 11) is 4.59. The molecule has 0 bridgehead atoms. The molecular weight excluding hydrogens is 176 g/mol. The number of hydrogen-bond acceptors (Lipinski definition) is 2. The van der Waals surface area contributed by atoms with E-state index in [-0.39, 0.29) is 11.4 Å². The van der Waals surface area contributed by atoms with Gasteiger partial charge in [0.05, 0.1) is 12.8 Å². The third-order valence-corrected chi connectivity index (χ3v) is 1.73. The number of rotatable bonds is 2. The Morgan fingerprint density at radius 1 is 1.15 bits per heavy atom. The van der Waals surface area contributed by atoms with Crippen LogP contribution in [0.25, 0.3) is 0 Å². The minimum Gasteiger partial charge on any atom is -0.494 e. The number of hydrogen-bond donors (Lipinski definition) is 0. The molecule has 0 aromatic heterocycles. The van der Waals surface area contributed by atoms with E-state index in [0.717, 1.165) is 0 Å². The van der Waals surface area contributed by atoms with Gasteiger partial charge in [0.2, 0.25) is 5.82 Å². The van der Waals surface area contributed by atoms with Crippen LogP contribution in [0.3, 0.4) is 0 Å². The highest BCUT2D eigenvalue weighted by Gasteiger charge is 2.14. The van der Waals surface area contributed by atoms with Crippen molar-refractivity contribution in [2.75, 3.05) is 26.1 Å². The van der Waals surface area contributed by atoms with E-state index < -0.39 is 11.6 Å². The van der Waals surface area contributed by atoms with Crippen LogP contribution in [0.15, 0.2) is 12.1 Å². The fraction of sp³-hybridized carbons (Fsp3) is 0.333. The van der Waals surface area contributed by atoms with Gasteiger partial charge in [-0.1, -0.05) is 0 Å². The number of nitrogens with zero attached hydrogens (tertiary/aromatic N) is 1. The summed E-state index contributed by atoms with van der Waals surface area (Å²) >= 11 is 0. The summed E-state index contributed by atoms with van der Waals surface area (Å²) in [6.45, 7) is 0. The van der Waals surface area contributed by atoms with Crippen LogP contribution in [-0.2, 0) is 0 Å². The van der Waals surface area contributed by atoms with Crippen LogP contribution < -0.4 is 9.64 Å². The minimum atomic E-state index is -0.950. The molecule has 0 spiro atoms.